The Kier molecular flexibility index (Phi) is 5.06. The summed E-state index contributed by atoms with van der Waals surface area (Å²) in [5, 5.41) is 0. The average molecular weight is 352 g/mol. The van der Waals surface area contributed by atoms with Crippen molar-refractivity contribution >= 4 is 5.95 Å². The van der Waals surface area contributed by atoms with E-state index in [-0.39, 0.29) is 5.95 Å². The summed E-state index contributed by atoms with van der Waals surface area (Å²) in [5.41, 5.74) is -0.0116. The molecule has 1 saturated heterocycles. The fourth-order valence-electron chi connectivity index (χ4n) is 2.76. The molecule has 8 heteroatoms. The molecule has 0 N–H and O–H groups in total. The van der Waals surface area contributed by atoms with Gasteiger partial charge in [-0.05, 0) is 37.8 Å². The van der Waals surface area contributed by atoms with Gasteiger partial charge in [-0.2, -0.15) is 13.2 Å². The van der Waals surface area contributed by atoms with E-state index in [1.165, 1.54) is 0 Å². The van der Waals surface area contributed by atoms with Gasteiger partial charge >= 0.3 is 6.18 Å². The third kappa shape index (κ3) is 4.58. The molecular weight excluding hydrogens is 333 g/mol. The molecule has 5 nitrogen and oxygen atoms in total. The number of rotatable bonds is 4. The Morgan fingerprint density at radius 3 is 2.60 bits per heavy atom. The highest BCUT2D eigenvalue weighted by atomic mass is 19.4. The summed E-state index contributed by atoms with van der Waals surface area (Å²) < 4.78 is 44.0. The van der Waals surface area contributed by atoms with Crippen molar-refractivity contribution in [3.8, 4) is 5.88 Å². The molecule has 25 heavy (non-hydrogen) atoms. The Morgan fingerprint density at radius 1 is 1.16 bits per heavy atom. The minimum Gasteiger partial charge on any atom is -0.477 e. The maximum atomic E-state index is 12.8. The lowest BCUT2D eigenvalue weighted by Crippen LogP contribution is -2.36. The monoisotopic (exact) mass is 352 g/mol. The molecule has 1 aliphatic heterocycles. The first-order valence-corrected chi connectivity index (χ1v) is 8.13. The number of ether oxygens (including phenoxy) is 1. The van der Waals surface area contributed by atoms with Crippen molar-refractivity contribution in [3.05, 3.63) is 41.9 Å². The fourth-order valence-corrected chi connectivity index (χ4v) is 2.76. The van der Waals surface area contributed by atoms with Gasteiger partial charge in [0, 0.05) is 31.0 Å². The van der Waals surface area contributed by atoms with Crippen molar-refractivity contribution in [2.75, 3.05) is 24.6 Å². The van der Waals surface area contributed by atoms with Crippen molar-refractivity contribution in [2.45, 2.75) is 25.9 Å². The molecule has 0 atom stereocenters. The number of halogens is 3. The van der Waals surface area contributed by atoms with Crippen LogP contribution in [0.1, 0.15) is 24.2 Å². The highest BCUT2D eigenvalue weighted by molar-refractivity contribution is 5.31. The molecule has 0 radical (unpaired) electrons. The first-order chi connectivity index (χ1) is 11.9. The van der Waals surface area contributed by atoms with Crippen molar-refractivity contribution in [1.82, 2.24) is 15.0 Å². The number of hydrogen-bond acceptors (Lipinski definition) is 5. The normalized spacial score (nSPS) is 16.1. The van der Waals surface area contributed by atoms with Gasteiger partial charge in [0.25, 0.3) is 0 Å². The van der Waals surface area contributed by atoms with Gasteiger partial charge in [-0.15, -0.1) is 0 Å². The van der Waals surface area contributed by atoms with Crippen LogP contribution in [0.2, 0.25) is 0 Å². The second kappa shape index (κ2) is 7.25. The van der Waals surface area contributed by atoms with E-state index in [1.807, 2.05) is 25.1 Å². The number of hydrogen-bond donors (Lipinski definition) is 0. The van der Waals surface area contributed by atoms with E-state index in [0.29, 0.717) is 31.5 Å². The molecule has 134 valence electrons. The third-order valence-corrected chi connectivity index (χ3v) is 4.16. The Hall–Kier alpha value is -2.38. The summed E-state index contributed by atoms with van der Waals surface area (Å²) in [4.78, 5) is 13.7. The van der Waals surface area contributed by atoms with Crippen LogP contribution >= 0.6 is 0 Å². The summed E-state index contributed by atoms with van der Waals surface area (Å²) in [6.07, 6.45) is -1.68. The number of anilines is 1. The van der Waals surface area contributed by atoms with Crippen molar-refractivity contribution in [1.29, 1.82) is 0 Å². The molecule has 0 unspecified atom stereocenters. The van der Waals surface area contributed by atoms with E-state index in [9.17, 15) is 13.2 Å². The maximum absolute atomic E-state index is 12.8. The van der Waals surface area contributed by atoms with Crippen LogP contribution in [0.25, 0.3) is 0 Å². The lowest BCUT2D eigenvalue weighted by molar-refractivity contribution is -0.141. The van der Waals surface area contributed by atoms with Crippen molar-refractivity contribution < 1.29 is 17.9 Å². The largest absolute Gasteiger partial charge is 0.477 e. The van der Waals surface area contributed by atoms with E-state index in [0.717, 1.165) is 30.8 Å². The molecule has 0 spiro atoms. The van der Waals surface area contributed by atoms with Gasteiger partial charge < -0.3 is 9.64 Å². The van der Waals surface area contributed by atoms with E-state index in [4.69, 9.17) is 4.74 Å². The van der Waals surface area contributed by atoms with E-state index < -0.39 is 11.9 Å². The van der Waals surface area contributed by atoms with Gasteiger partial charge in [-0.3, -0.25) is 0 Å². The zero-order valence-corrected chi connectivity index (χ0v) is 13.8. The first kappa shape index (κ1) is 17.4. The van der Waals surface area contributed by atoms with Crippen LogP contribution < -0.4 is 9.64 Å². The van der Waals surface area contributed by atoms with Gasteiger partial charge in [0.2, 0.25) is 11.8 Å². The highest BCUT2D eigenvalue weighted by Crippen LogP contribution is 2.29. The van der Waals surface area contributed by atoms with Crippen LogP contribution in [0.5, 0.6) is 5.88 Å². The number of aryl methyl sites for hydroxylation is 1. The van der Waals surface area contributed by atoms with Crippen LogP contribution in [-0.2, 0) is 6.18 Å². The molecule has 0 amide bonds. The van der Waals surface area contributed by atoms with Crippen LogP contribution in [0.3, 0.4) is 0 Å². The molecule has 0 bridgehead atoms. The second-order valence-corrected chi connectivity index (χ2v) is 6.10. The molecule has 0 aromatic carbocycles. The van der Waals surface area contributed by atoms with Crippen LogP contribution in [0, 0.1) is 12.8 Å². The fraction of sp³-hybridized carbons (Fsp3) is 0.471. The highest BCUT2D eigenvalue weighted by Gasteiger charge is 2.33. The number of piperidine rings is 1. The summed E-state index contributed by atoms with van der Waals surface area (Å²) in [5.74, 6) is 1.07. The molecule has 3 rings (SSSR count). The standard InChI is InChI=1S/C17H19F3N4O/c1-12-3-2-4-15(22-12)25-11-13-6-9-24(10-7-13)16-21-8-5-14(23-16)17(18,19)20/h2-5,8,13H,6-7,9-11H2,1H3. The zero-order valence-electron chi connectivity index (χ0n) is 13.8. The Labute approximate surface area is 143 Å². The molecule has 2 aromatic rings. The predicted molar refractivity (Wildman–Crippen MR) is 86.4 cm³/mol. The smallest absolute Gasteiger partial charge is 0.433 e. The molecule has 0 saturated carbocycles. The van der Waals surface area contributed by atoms with Gasteiger partial charge in [0.1, 0.15) is 5.69 Å². The van der Waals surface area contributed by atoms with E-state index >= 15 is 0 Å². The minimum absolute atomic E-state index is 0.134. The second-order valence-electron chi connectivity index (χ2n) is 6.10. The molecular formula is C17H19F3N4O. The van der Waals surface area contributed by atoms with E-state index in [1.54, 1.807) is 4.90 Å². The topological polar surface area (TPSA) is 51.1 Å². The predicted octanol–water partition coefficient (Wildman–Crippen LogP) is 3.49. The van der Waals surface area contributed by atoms with Crippen LogP contribution in [-0.4, -0.2) is 34.6 Å². The number of alkyl halides is 3. The SMILES string of the molecule is Cc1cccc(OCC2CCN(c3nccc(C(F)(F)F)n3)CC2)n1. The molecule has 1 fully saturated rings. The summed E-state index contributed by atoms with van der Waals surface area (Å²) in [7, 11) is 0. The quantitative estimate of drug-likeness (QED) is 0.843. The lowest BCUT2D eigenvalue weighted by atomic mass is 9.98. The van der Waals surface area contributed by atoms with Crippen molar-refractivity contribution in [3.63, 3.8) is 0 Å². The number of pyridine rings is 1. The average Bonchev–Trinajstić information content (AvgIpc) is 2.60. The van der Waals surface area contributed by atoms with E-state index in [2.05, 4.69) is 15.0 Å². The summed E-state index contributed by atoms with van der Waals surface area (Å²) in [6.45, 7) is 3.67. The van der Waals surface area contributed by atoms with Gasteiger partial charge in [-0.25, -0.2) is 15.0 Å². The molecule has 1 aliphatic rings. The Bertz CT molecular complexity index is 715. The first-order valence-electron chi connectivity index (χ1n) is 8.13. The van der Waals surface area contributed by atoms with Crippen molar-refractivity contribution in [2.24, 2.45) is 5.92 Å². The van der Waals surface area contributed by atoms with Crippen LogP contribution in [0.4, 0.5) is 19.1 Å². The molecule has 0 aliphatic carbocycles. The number of aromatic nitrogens is 3. The molecule has 3 heterocycles. The Balaban J connectivity index is 1.53. The summed E-state index contributed by atoms with van der Waals surface area (Å²) >= 11 is 0. The van der Waals surface area contributed by atoms with Gasteiger partial charge in [0.05, 0.1) is 6.61 Å². The molecule has 2 aromatic heterocycles. The van der Waals surface area contributed by atoms with Crippen LogP contribution in [0.15, 0.2) is 30.5 Å². The minimum atomic E-state index is -4.45. The Morgan fingerprint density at radius 2 is 1.92 bits per heavy atom. The zero-order chi connectivity index (χ0) is 17.9. The lowest BCUT2D eigenvalue weighted by Gasteiger charge is -2.31. The maximum Gasteiger partial charge on any atom is 0.433 e. The number of nitrogens with zero attached hydrogens (tertiary/aromatic N) is 4. The summed E-state index contributed by atoms with van der Waals surface area (Å²) in [6, 6.07) is 6.50. The van der Waals surface area contributed by atoms with Gasteiger partial charge in [-0.1, -0.05) is 6.07 Å². The van der Waals surface area contributed by atoms with Gasteiger partial charge in [0.15, 0.2) is 0 Å². The third-order valence-electron chi connectivity index (χ3n) is 4.16.